The van der Waals surface area contributed by atoms with Crippen LogP contribution >= 0.6 is 0 Å². The fourth-order valence-electron chi connectivity index (χ4n) is 4.91. The molecule has 0 bridgehead atoms. The van der Waals surface area contributed by atoms with E-state index in [2.05, 4.69) is 22.2 Å². The first-order chi connectivity index (χ1) is 18.9. The van der Waals surface area contributed by atoms with Crippen LogP contribution in [0.3, 0.4) is 0 Å². The number of amides is 1. The number of halogens is 1. The molecule has 0 unspecified atom stereocenters. The molecule has 2 aliphatic heterocycles. The minimum absolute atomic E-state index is 0.0544. The van der Waals surface area contributed by atoms with Crippen LogP contribution in [0.5, 0.6) is 0 Å². The zero-order valence-corrected chi connectivity index (χ0v) is 22.3. The molecule has 3 fully saturated rings. The van der Waals surface area contributed by atoms with Crippen molar-refractivity contribution in [1.29, 1.82) is 0 Å². The van der Waals surface area contributed by atoms with Gasteiger partial charge in [-0.2, -0.15) is 5.10 Å². The molecule has 0 radical (unpaired) electrons. The number of piperazine rings is 1. The molecule has 2 aromatic heterocycles. The van der Waals surface area contributed by atoms with Crippen LogP contribution in [0.1, 0.15) is 31.7 Å². The summed E-state index contributed by atoms with van der Waals surface area (Å²) in [7, 11) is 2.06. The van der Waals surface area contributed by atoms with Crippen molar-refractivity contribution in [2.45, 2.75) is 26.1 Å². The van der Waals surface area contributed by atoms with Gasteiger partial charge in [-0.05, 0) is 69.1 Å². The lowest BCUT2D eigenvalue weighted by molar-refractivity contribution is -0.233. The molecule has 0 spiro atoms. The highest BCUT2D eigenvalue weighted by atomic mass is 19.1. The summed E-state index contributed by atoms with van der Waals surface area (Å²) in [5.41, 5.74) is 1.83. The number of hydrogen-bond donors (Lipinski definition) is 1. The fraction of sp³-hybridized carbons (Fsp3) is 0.500. The number of nitrogens with zero attached hydrogens (tertiary/aromatic N) is 6. The van der Waals surface area contributed by atoms with Crippen molar-refractivity contribution in [3.63, 3.8) is 0 Å². The summed E-state index contributed by atoms with van der Waals surface area (Å²) < 4.78 is 27.6. The minimum Gasteiger partial charge on any atom is -0.354 e. The molecular weight excluding hydrogens is 501 g/mol. The highest BCUT2D eigenvalue weighted by Gasteiger charge is 2.43. The maximum atomic E-state index is 13.7. The van der Waals surface area contributed by atoms with E-state index >= 15 is 0 Å². The van der Waals surface area contributed by atoms with Gasteiger partial charge in [-0.3, -0.25) is 4.79 Å². The number of anilines is 1. The van der Waals surface area contributed by atoms with Crippen molar-refractivity contribution in [3.8, 4) is 17.1 Å². The van der Waals surface area contributed by atoms with Crippen LogP contribution < -0.4 is 5.32 Å². The van der Waals surface area contributed by atoms with E-state index in [1.807, 2.05) is 24.0 Å². The maximum absolute atomic E-state index is 13.7. The van der Waals surface area contributed by atoms with Crippen LogP contribution in [0.25, 0.3) is 17.1 Å². The summed E-state index contributed by atoms with van der Waals surface area (Å²) in [6.45, 7) is 6.32. The average Bonchev–Trinajstić information content (AvgIpc) is 3.69. The van der Waals surface area contributed by atoms with Crippen LogP contribution in [0.15, 0.2) is 42.6 Å². The molecule has 3 aliphatic rings. The highest BCUT2D eigenvalue weighted by Crippen LogP contribution is 2.35. The van der Waals surface area contributed by atoms with Crippen molar-refractivity contribution in [1.82, 2.24) is 29.5 Å². The van der Waals surface area contributed by atoms with Gasteiger partial charge < -0.3 is 24.6 Å². The molecule has 1 saturated carbocycles. The molecule has 1 aromatic carbocycles. The maximum Gasteiger partial charge on any atom is 0.233 e. The Labute approximate surface area is 227 Å². The van der Waals surface area contributed by atoms with Crippen molar-refractivity contribution in [3.05, 3.63) is 54.1 Å². The molecule has 0 atom stereocenters. The predicted octanol–water partition coefficient (Wildman–Crippen LogP) is 3.12. The second-order valence-corrected chi connectivity index (χ2v) is 11.0. The first-order valence-corrected chi connectivity index (χ1v) is 13.5. The number of carbonyl (C=O) groups excluding carboxylic acids is 1. The zero-order valence-electron chi connectivity index (χ0n) is 22.3. The number of carbonyl (C=O) groups is 1. The Morgan fingerprint density at radius 3 is 2.51 bits per heavy atom. The van der Waals surface area contributed by atoms with E-state index in [-0.39, 0.29) is 24.9 Å². The number of nitrogens with one attached hydrogen (secondary N) is 1. The lowest BCUT2D eigenvalue weighted by Gasteiger charge is -2.41. The molecule has 3 aromatic rings. The van der Waals surface area contributed by atoms with Gasteiger partial charge in [0.15, 0.2) is 0 Å². The first-order valence-electron chi connectivity index (χ1n) is 13.5. The van der Waals surface area contributed by atoms with Gasteiger partial charge in [0.1, 0.15) is 11.5 Å². The molecule has 4 heterocycles. The molecule has 1 amide bonds. The first kappa shape index (κ1) is 25.8. The number of rotatable bonds is 7. The summed E-state index contributed by atoms with van der Waals surface area (Å²) in [6.07, 6.45) is 3.43. The van der Waals surface area contributed by atoms with E-state index in [1.165, 1.54) is 25.0 Å². The molecule has 1 N–H and O–H groups in total. The Bertz CT molecular complexity index is 1310. The summed E-state index contributed by atoms with van der Waals surface area (Å²) in [5.74, 6) is 0.961. The Hall–Kier alpha value is -3.41. The van der Waals surface area contributed by atoms with Crippen molar-refractivity contribution in [2.24, 2.45) is 11.3 Å². The second kappa shape index (κ2) is 10.6. The summed E-state index contributed by atoms with van der Waals surface area (Å²) >= 11 is 0. The van der Waals surface area contributed by atoms with E-state index in [0.29, 0.717) is 47.7 Å². The lowest BCUT2D eigenvalue weighted by atomic mass is 9.89. The monoisotopic (exact) mass is 535 g/mol. The number of ether oxygens (including phenoxy) is 2. The van der Waals surface area contributed by atoms with Gasteiger partial charge in [-0.1, -0.05) is 0 Å². The van der Waals surface area contributed by atoms with E-state index in [9.17, 15) is 9.18 Å². The van der Waals surface area contributed by atoms with E-state index in [1.54, 1.807) is 23.0 Å². The molecule has 6 rings (SSSR count). The van der Waals surface area contributed by atoms with Gasteiger partial charge in [0.25, 0.3) is 0 Å². The smallest absolute Gasteiger partial charge is 0.233 e. The quantitative estimate of drug-likeness (QED) is 0.493. The van der Waals surface area contributed by atoms with Crippen LogP contribution in [0.4, 0.5) is 10.3 Å². The van der Waals surface area contributed by atoms with Gasteiger partial charge in [0.05, 0.1) is 35.7 Å². The van der Waals surface area contributed by atoms with Gasteiger partial charge in [-0.15, -0.1) is 0 Å². The van der Waals surface area contributed by atoms with Gasteiger partial charge in [0, 0.05) is 38.9 Å². The molecule has 11 heteroatoms. The minimum atomic E-state index is -0.760. The molecular formula is C28H34FN7O3. The topological polar surface area (TPSA) is 97.6 Å². The molecule has 10 nitrogen and oxygen atoms in total. The Kier molecular flexibility index (Phi) is 7.05. The molecule has 206 valence electrons. The second-order valence-electron chi connectivity index (χ2n) is 11.0. The lowest BCUT2D eigenvalue weighted by Crippen LogP contribution is -2.55. The summed E-state index contributed by atoms with van der Waals surface area (Å²) in [6, 6.07) is 9.80. The van der Waals surface area contributed by atoms with Crippen LogP contribution in [-0.2, 0) is 14.3 Å². The molecule has 1 aliphatic carbocycles. The van der Waals surface area contributed by atoms with E-state index in [4.69, 9.17) is 19.6 Å². The Morgan fingerprint density at radius 1 is 1.10 bits per heavy atom. The largest absolute Gasteiger partial charge is 0.354 e. The SMILES string of the molecule is CN1CCN(C(=O)C2(C)COC(c3cc(-c4ccnc(NCC5CC5)n4)n(-c4ccc(F)cc4)n3)OC2)CC1. The number of benzene rings is 1. The Balaban J connectivity index is 1.23. The number of hydrogen-bond acceptors (Lipinski definition) is 8. The van der Waals surface area contributed by atoms with Gasteiger partial charge in [0.2, 0.25) is 18.1 Å². The third-order valence-corrected chi connectivity index (χ3v) is 7.62. The van der Waals surface area contributed by atoms with Crippen LogP contribution in [0, 0.1) is 17.2 Å². The van der Waals surface area contributed by atoms with Crippen molar-refractivity contribution < 1.29 is 18.7 Å². The van der Waals surface area contributed by atoms with E-state index < -0.39 is 11.7 Å². The Morgan fingerprint density at radius 2 is 1.82 bits per heavy atom. The predicted molar refractivity (Wildman–Crippen MR) is 143 cm³/mol. The highest BCUT2D eigenvalue weighted by molar-refractivity contribution is 5.83. The van der Waals surface area contributed by atoms with Crippen LogP contribution in [-0.4, -0.2) is 88.4 Å². The van der Waals surface area contributed by atoms with E-state index in [0.717, 1.165) is 19.6 Å². The van der Waals surface area contributed by atoms with Gasteiger partial charge in [-0.25, -0.2) is 19.0 Å². The average molecular weight is 536 g/mol. The summed E-state index contributed by atoms with van der Waals surface area (Å²) in [5, 5.41) is 8.09. The molecule has 2 saturated heterocycles. The fourth-order valence-corrected chi connectivity index (χ4v) is 4.91. The summed E-state index contributed by atoms with van der Waals surface area (Å²) in [4.78, 5) is 26.5. The van der Waals surface area contributed by atoms with Crippen molar-refractivity contribution >= 4 is 11.9 Å². The van der Waals surface area contributed by atoms with Crippen molar-refractivity contribution in [2.75, 3.05) is 58.3 Å². The standard InChI is InChI=1S/C28H34FN7O3/c1-28(26(37)35-13-11-34(2)12-14-35)17-38-25(39-18-28)23-15-24(36(33-23)21-7-5-20(29)6-8-21)22-9-10-30-27(32-22)31-16-19-3-4-19/h5-10,15,19,25H,3-4,11-14,16-18H2,1-2H3,(H,30,31,32). The zero-order chi connectivity index (χ0) is 27.0. The van der Waals surface area contributed by atoms with Crippen LogP contribution in [0.2, 0.25) is 0 Å². The molecule has 39 heavy (non-hydrogen) atoms. The number of likely N-dealkylation sites (N-methyl/N-ethyl adjacent to an activating group) is 1. The third kappa shape index (κ3) is 5.66. The number of aromatic nitrogens is 4. The third-order valence-electron chi connectivity index (χ3n) is 7.62. The normalized spacial score (nSPS) is 24.1. The van der Waals surface area contributed by atoms with Gasteiger partial charge >= 0.3 is 0 Å².